The molecule has 1 amide bonds. The molecule has 0 spiro atoms. The largest absolute Gasteiger partial charge is 0.340 e. The Kier molecular flexibility index (Phi) is 3.93. The molecule has 0 fully saturated rings. The van der Waals surface area contributed by atoms with Crippen LogP contribution in [0.25, 0.3) is 11.0 Å². The first-order valence-electron chi connectivity index (χ1n) is 7.50. The molecule has 0 atom stereocenters. The first kappa shape index (κ1) is 15.7. The van der Waals surface area contributed by atoms with Crippen molar-refractivity contribution < 1.29 is 4.79 Å². The minimum Gasteiger partial charge on any atom is -0.340 e. The molecule has 0 radical (unpaired) electrons. The number of fused-ring (bicyclic) bond motifs is 1. The third-order valence-corrected chi connectivity index (χ3v) is 4.94. The topological polar surface area (TPSA) is 61.9 Å². The number of aromatic amines is 1. The number of rotatable bonds is 3. The number of benzene rings is 1. The fourth-order valence-corrected chi connectivity index (χ4v) is 3.25. The third-order valence-electron chi connectivity index (χ3n) is 3.53. The van der Waals surface area contributed by atoms with Gasteiger partial charge in [-0.3, -0.25) is 4.79 Å². The van der Waals surface area contributed by atoms with Gasteiger partial charge in [0.1, 0.15) is 10.7 Å². The second kappa shape index (κ2) is 5.77. The van der Waals surface area contributed by atoms with E-state index in [-0.39, 0.29) is 11.3 Å². The molecule has 1 aromatic carbocycles. The smallest absolute Gasteiger partial charge is 0.265 e. The Balaban J connectivity index is 1.75. The molecule has 6 heteroatoms. The summed E-state index contributed by atoms with van der Waals surface area (Å²) >= 11 is 1.46. The number of H-pyrrole nitrogens is 1. The summed E-state index contributed by atoms with van der Waals surface area (Å²) in [6.07, 6.45) is 1.67. The maximum absolute atomic E-state index is 12.6. The van der Waals surface area contributed by atoms with E-state index in [0.717, 1.165) is 21.9 Å². The van der Waals surface area contributed by atoms with Crippen LogP contribution in [0.1, 0.15) is 41.3 Å². The van der Waals surface area contributed by atoms with Gasteiger partial charge >= 0.3 is 0 Å². The highest BCUT2D eigenvalue weighted by molar-refractivity contribution is 7.13. The molecule has 5 nitrogen and oxygen atoms in total. The van der Waals surface area contributed by atoms with Gasteiger partial charge in [0, 0.05) is 12.5 Å². The Bertz CT molecular complexity index is 811. The lowest BCUT2D eigenvalue weighted by Crippen LogP contribution is -2.26. The van der Waals surface area contributed by atoms with Gasteiger partial charge in [-0.25, -0.2) is 9.97 Å². The number of thiazole rings is 1. The van der Waals surface area contributed by atoms with Crippen molar-refractivity contribution in [1.29, 1.82) is 0 Å². The van der Waals surface area contributed by atoms with E-state index in [9.17, 15) is 4.79 Å². The molecule has 0 aliphatic carbocycles. The molecule has 0 saturated heterocycles. The fraction of sp³-hybridized carbons (Fsp3) is 0.353. The second-order valence-electron chi connectivity index (χ2n) is 6.64. The minimum absolute atomic E-state index is 0.0292. The maximum Gasteiger partial charge on any atom is 0.265 e. The summed E-state index contributed by atoms with van der Waals surface area (Å²) in [6, 6.07) is 7.85. The highest BCUT2D eigenvalue weighted by Gasteiger charge is 2.22. The molecule has 120 valence electrons. The van der Waals surface area contributed by atoms with Crippen molar-refractivity contribution >= 4 is 28.3 Å². The van der Waals surface area contributed by atoms with Crippen LogP contribution in [0, 0.1) is 0 Å². The van der Waals surface area contributed by atoms with Crippen molar-refractivity contribution in [3.8, 4) is 0 Å². The maximum atomic E-state index is 12.6. The number of imidazole rings is 1. The zero-order chi connectivity index (χ0) is 16.6. The molecule has 2 aromatic heterocycles. The number of para-hydroxylation sites is 2. The first-order valence-corrected chi connectivity index (χ1v) is 8.31. The molecule has 0 unspecified atom stereocenters. The molecule has 2 heterocycles. The van der Waals surface area contributed by atoms with Crippen LogP contribution in [0.15, 0.2) is 30.5 Å². The van der Waals surface area contributed by atoms with Gasteiger partial charge in [-0.15, -0.1) is 11.3 Å². The minimum atomic E-state index is -0.0412. The monoisotopic (exact) mass is 328 g/mol. The van der Waals surface area contributed by atoms with E-state index >= 15 is 0 Å². The lowest BCUT2D eigenvalue weighted by atomic mass is 9.98. The van der Waals surface area contributed by atoms with E-state index in [1.807, 2.05) is 24.3 Å². The third kappa shape index (κ3) is 3.27. The average molecular weight is 328 g/mol. The number of carbonyl (C=O) groups is 1. The second-order valence-corrected chi connectivity index (χ2v) is 7.67. The van der Waals surface area contributed by atoms with Gasteiger partial charge in [-0.1, -0.05) is 32.9 Å². The van der Waals surface area contributed by atoms with E-state index in [4.69, 9.17) is 0 Å². The zero-order valence-electron chi connectivity index (χ0n) is 13.8. The quantitative estimate of drug-likeness (QED) is 0.799. The number of nitrogens with zero attached hydrogens (tertiary/aromatic N) is 3. The number of carbonyl (C=O) groups excluding carboxylic acids is 1. The van der Waals surface area contributed by atoms with Crippen molar-refractivity contribution in [1.82, 2.24) is 19.9 Å². The van der Waals surface area contributed by atoms with Gasteiger partial charge in [-0.2, -0.15) is 0 Å². The average Bonchev–Trinajstić information content (AvgIpc) is 3.12. The van der Waals surface area contributed by atoms with Crippen LogP contribution < -0.4 is 0 Å². The summed E-state index contributed by atoms with van der Waals surface area (Å²) in [5.74, 6) is 0.751. The molecule has 0 bridgehead atoms. The first-order chi connectivity index (χ1) is 10.8. The number of hydrogen-bond donors (Lipinski definition) is 1. The summed E-state index contributed by atoms with van der Waals surface area (Å²) in [6.45, 7) is 6.73. The van der Waals surface area contributed by atoms with E-state index in [0.29, 0.717) is 11.4 Å². The van der Waals surface area contributed by atoms with Crippen LogP contribution in [-0.4, -0.2) is 32.8 Å². The van der Waals surface area contributed by atoms with Crippen molar-refractivity contribution in [3.63, 3.8) is 0 Å². The molecular formula is C17H20N4OS. The van der Waals surface area contributed by atoms with Gasteiger partial charge < -0.3 is 9.88 Å². The van der Waals surface area contributed by atoms with E-state index in [1.54, 1.807) is 18.1 Å². The molecule has 0 aliphatic rings. The predicted octanol–water partition coefficient (Wildman–Crippen LogP) is 3.59. The van der Waals surface area contributed by atoms with Crippen LogP contribution in [-0.2, 0) is 12.0 Å². The van der Waals surface area contributed by atoms with Crippen LogP contribution in [0.2, 0.25) is 0 Å². The Morgan fingerprint density at radius 1 is 1.30 bits per heavy atom. The molecule has 0 saturated carbocycles. The summed E-state index contributed by atoms with van der Waals surface area (Å²) in [7, 11) is 1.78. The Morgan fingerprint density at radius 2 is 2.04 bits per heavy atom. The lowest BCUT2D eigenvalue weighted by molar-refractivity contribution is 0.0786. The standard InChI is InChI=1S/C17H20N4OS/c1-17(2,3)16-18-9-13(23-16)15(22)21(4)10-14-19-11-7-5-6-8-12(11)20-14/h5-9H,10H2,1-4H3,(H,19,20). The van der Waals surface area contributed by atoms with Gasteiger partial charge in [0.05, 0.1) is 28.8 Å². The Hall–Kier alpha value is -2.21. The Morgan fingerprint density at radius 3 is 2.70 bits per heavy atom. The molecule has 3 rings (SSSR count). The van der Waals surface area contributed by atoms with Crippen molar-refractivity contribution in [2.24, 2.45) is 0 Å². The molecule has 1 N–H and O–H groups in total. The molecule has 3 aromatic rings. The number of hydrogen-bond acceptors (Lipinski definition) is 4. The highest BCUT2D eigenvalue weighted by Crippen LogP contribution is 2.27. The SMILES string of the molecule is CN(Cc1nc2ccccc2[nH]1)C(=O)c1cnc(C(C)(C)C)s1. The van der Waals surface area contributed by atoms with Crippen molar-refractivity contribution in [2.75, 3.05) is 7.05 Å². The summed E-state index contributed by atoms with van der Waals surface area (Å²) in [4.78, 5) is 27.0. The normalized spacial score (nSPS) is 11.8. The van der Waals surface area contributed by atoms with Gasteiger partial charge in [-0.05, 0) is 12.1 Å². The lowest BCUT2D eigenvalue weighted by Gasteiger charge is -2.15. The van der Waals surface area contributed by atoms with Crippen LogP contribution >= 0.6 is 11.3 Å². The van der Waals surface area contributed by atoms with E-state index in [1.165, 1.54) is 11.3 Å². The van der Waals surface area contributed by atoms with Gasteiger partial charge in [0.15, 0.2) is 0 Å². The zero-order valence-corrected chi connectivity index (χ0v) is 14.6. The van der Waals surface area contributed by atoms with Crippen LogP contribution in [0.4, 0.5) is 0 Å². The van der Waals surface area contributed by atoms with Gasteiger partial charge in [0.2, 0.25) is 0 Å². The van der Waals surface area contributed by atoms with Crippen molar-refractivity contribution in [2.45, 2.75) is 32.7 Å². The van der Waals surface area contributed by atoms with Gasteiger partial charge in [0.25, 0.3) is 5.91 Å². The highest BCUT2D eigenvalue weighted by atomic mass is 32.1. The number of amides is 1. The van der Waals surface area contributed by atoms with E-state index in [2.05, 4.69) is 35.7 Å². The summed E-state index contributed by atoms with van der Waals surface area (Å²) in [5, 5.41) is 0.970. The number of nitrogens with one attached hydrogen (secondary N) is 1. The van der Waals surface area contributed by atoms with E-state index < -0.39 is 0 Å². The predicted molar refractivity (Wildman–Crippen MR) is 92.7 cm³/mol. The van der Waals surface area contributed by atoms with Crippen LogP contribution in [0.5, 0.6) is 0 Å². The van der Waals surface area contributed by atoms with Crippen LogP contribution in [0.3, 0.4) is 0 Å². The molecular weight excluding hydrogens is 308 g/mol. The summed E-state index contributed by atoms with van der Waals surface area (Å²) in [5.41, 5.74) is 1.85. The number of aromatic nitrogens is 3. The molecule has 0 aliphatic heterocycles. The Labute approximate surface area is 139 Å². The fourth-order valence-electron chi connectivity index (χ4n) is 2.28. The molecule has 23 heavy (non-hydrogen) atoms. The van der Waals surface area contributed by atoms with Crippen molar-refractivity contribution in [3.05, 3.63) is 46.2 Å². The summed E-state index contributed by atoms with van der Waals surface area (Å²) < 4.78 is 0.